The number of amides is 2. The molecule has 0 aliphatic heterocycles. The van der Waals surface area contributed by atoms with E-state index in [4.69, 9.17) is 5.73 Å². The number of aromatic carboxylic acids is 1. The van der Waals surface area contributed by atoms with Gasteiger partial charge in [-0.3, -0.25) is 5.32 Å². The fourth-order valence-corrected chi connectivity index (χ4v) is 3.11. The van der Waals surface area contributed by atoms with Crippen molar-refractivity contribution in [1.29, 1.82) is 0 Å². The quantitative estimate of drug-likeness (QED) is 0.549. The SMILES string of the molecule is NCc1ccc(-c2nc(NC(=O)Nc3ccccc3)c(C(=O)O)s2)cc1. The van der Waals surface area contributed by atoms with Crippen molar-refractivity contribution in [1.82, 2.24) is 4.98 Å². The van der Waals surface area contributed by atoms with Crippen molar-refractivity contribution in [3.8, 4) is 10.6 Å². The summed E-state index contributed by atoms with van der Waals surface area (Å²) in [5.41, 5.74) is 7.89. The topological polar surface area (TPSA) is 117 Å². The first-order chi connectivity index (χ1) is 12.6. The fourth-order valence-electron chi connectivity index (χ4n) is 2.25. The summed E-state index contributed by atoms with van der Waals surface area (Å²) in [6, 6.07) is 15.6. The summed E-state index contributed by atoms with van der Waals surface area (Å²) >= 11 is 0.998. The maximum Gasteiger partial charge on any atom is 0.349 e. The van der Waals surface area contributed by atoms with Gasteiger partial charge in [0, 0.05) is 17.8 Å². The highest BCUT2D eigenvalue weighted by Crippen LogP contribution is 2.31. The normalized spacial score (nSPS) is 10.3. The highest BCUT2D eigenvalue weighted by atomic mass is 32.1. The third-order valence-electron chi connectivity index (χ3n) is 3.52. The van der Waals surface area contributed by atoms with E-state index >= 15 is 0 Å². The van der Waals surface area contributed by atoms with Crippen LogP contribution in [0.3, 0.4) is 0 Å². The van der Waals surface area contributed by atoms with Crippen molar-refractivity contribution in [2.24, 2.45) is 5.73 Å². The second kappa shape index (κ2) is 7.77. The van der Waals surface area contributed by atoms with Gasteiger partial charge < -0.3 is 16.2 Å². The summed E-state index contributed by atoms with van der Waals surface area (Å²) in [6.07, 6.45) is 0. The van der Waals surface area contributed by atoms with E-state index in [1.807, 2.05) is 30.3 Å². The number of carbonyl (C=O) groups is 2. The van der Waals surface area contributed by atoms with Crippen LogP contribution in [0.4, 0.5) is 16.3 Å². The average Bonchev–Trinajstić information content (AvgIpc) is 3.06. The number of hydrogen-bond donors (Lipinski definition) is 4. The summed E-state index contributed by atoms with van der Waals surface area (Å²) < 4.78 is 0. The lowest BCUT2D eigenvalue weighted by Gasteiger charge is -2.06. The van der Waals surface area contributed by atoms with Crippen LogP contribution in [0.15, 0.2) is 54.6 Å². The van der Waals surface area contributed by atoms with Crippen molar-refractivity contribution in [2.45, 2.75) is 6.54 Å². The molecule has 0 atom stereocenters. The van der Waals surface area contributed by atoms with Gasteiger partial charge in [0.25, 0.3) is 0 Å². The molecule has 0 aliphatic carbocycles. The van der Waals surface area contributed by atoms with Crippen LogP contribution in [0.2, 0.25) is 0 Å². The molecule has 0 bridgehead atoms. The minimum Gasteiger partial charge on any atom is -0.477 e. The largest absolute Gasteiger partial charge is 0.477 e. The second-order valence-electron chi connectivity index (χ2n) is 5.35. The van der Waals surface area contributed by atoms with Crippen molar-refractivity contribution in [3.05, 3.63) is 65.0 Å². The molecule has 8 heteroatoms. The standard InChI is InChI=1S/C18H16N4O3S/c19-10-11-6-8-12(9-7-11)16-21-15(14(26-16)17(23)24)22-18(25)20-13-4-2-1-3-5-13/h1-9H,10,19H2,(H,23,24)(H2,20,22,25). The number of hydrogen-bond acceptors (Lipinski definition) is 5. The number of carboxylic acids is 1. The average molecular weight is 368 g/mol. The summed E-state index contributed by atoms with van der Waals surface area (Å²) in [7, 11) is 0. The Labute approximate surface area is 153 Å². The molecule has 0 saturated heterocycles. The first-order valence-electron chi connectivity index (χ1n) is 7.73. The lowest BCUT2D eigenvalue weighted by molar-refractivity contribution is 0.0703. The van der Waals surface area contributed by atoms with Gasteiger partial charge in [-0.25, -0.2) is 14.6 Å². The van der Waals surface area contributed by atoms with Crippen LogP contribution in [0.25, 0.3) is 10.6 Å². The van der Waals surface area contributed by atoms with E-state index in [9.17, 15) is 14.7 Å². The molecule has 26 heavy (non-hydrogen) atoms. The molecule has 7 nitrogen and oxygen atoms in total. The molecular weight excluding hydrogens is 352 g/mol. The van der Waals surface area contributed by atoms with E-state index < -0.39 is 12.0 Å². The number of carbonyl (C=O) groups excluding carboxylic acids is 1. The number of nitrogens with two attached hydrogens (primary N) is 1. The molecule has 1 heterocycles. The van der Waals surface area contributed by atoms with Crippen LogP contribution in [-0.4, -0.2) is 22.1 Å². The van der Waals surface area contributed by atoms with Gasteiger partial charge in [-0.1, -0.05) is 42.5 Å². The van der Waals surface area contributed by atoms with E-state index in [2.05, 4.69) is 15.6 Å². The van der Waals surface area contributed by atoms with Gasteiger partial charge in [0.1, 0.15) is 5.01 Å². The van der Waals surface area contributed by atoms with Crippen LogP contribution in [0.5, 0.6) is 0 Å². The Balaban J connectivity index is 1.82. The van der Waals surface area contributed by atoms with Gasteiger partial charge in [0.05, 0.1) is 0 Å². The maximum absolute atomic E-state index is 12.1. The molecule has 0 unspecified atom stereocenters. The minimum absolute atomic E-state index is 0.00818. The van der Waals surface area contributed by atoms with Gasteiger partial charge in [-0.2, -0.15) is 0 Å². The van der Waals surface area contributed by atoms with Crippen LogP contribution >= 0.6 is 11.3 Å². The first kappa shape index (κ1) is 17.6. The smallest absolute Gasteiger partial charge is 0.349 e. The molecule has 1 aromatic heterocycles. The van der Waals surface area contributed by atoms with Crippen LogP contribution in [-0.2, 0) is 6.54 Å². The van der Waals surface area contributed by atoms with Crippen molar-refractivity contribution < 1.29 is 14.7 Å². The molecule has 5 N–H and O–H groups in total. The predicted octanol–water partition coefficient (Wildman–Crippen LogP) is 3.61. The third kappa shape index (κ3) is 4.05. The Morgan fingerprint density at radius 1 is 1.04 bits per heavy atom. The highest BCUT2D eigenvalue weighted by Gasteiger charge is 2.20. The number of urea groups is 1. The third-order valence-corrected chi connectivity index (χ3v) is 4.61. The maximum atomic E-state index is 12.1. The van der Waals surface area contributed by atoms with Crippen LogP contribution < -0.4 is 16.4 Å². The number of benzene rings is 2. The number of nitrogens with zero attached hydrogens (tertiary/aromatic N) is 1. The molecule has 3 rings (SSSR count). The lowest BCUT2D eigenvalue weighted by Crippen LogP contribution is -2.20. The van der Waals surface area contributed by atoms with Gasteiger partial charge in [0.2, 0.25) is 0 Å². The predicted molar refractivity (Wildman–Crippen MR) is 101 cm³/mol. The van der Waals surface area contributed by atoms with Crippen LogP contribution in [0.1, 0.15) is 15.2 Å². The van der Waals surface area contributed by atoms with Crippen molar-refractivity contribution in [3.63, 3.8) is 0 Å². The number of anilines is 2. The Kier molecular flexibility index (Phi) is 5.26. The summed E-state index contributed by atoms with van der Waals surface area (Å²) in [4.78, 5) is 27.8. The van der Waals surface area contributed by atoms with E-state index in [-0.39, 0.29) is 10.7 Å². The number of para-hydroxylation sites is 1. The second-order valence-corrected chi connectivity index (χ2v) is 6.35. The van der Waals surface area contributed by atoms with E-state index in [1.165, 1.54) is 0 Å². The number of thiazole rings is 1. The number of rotatable bonds is 5. The first-order valence-corrected chi connectivity index (χ1v) is 8.55. The summed E-state index contributed by atoms with van der Waals surface area (Å²) in [5.74, 6) is -1.14. The Morgan fingerprint density at radius 3 is 2.35 bits per heavy atom. The molecule has 132 valence electrons. The molecule has 2 aromatic carbocycles. The van der Waals surface area contributed by atoms with Crippen LogP contribution in [0, 0.1) is 0 Å². The molecule has 0 saturated carbocycles. The van der Waals surface area contributed by atoms with E-state index in [1.54, 1.807) is 24.3 Å². The Hall–Kier alpha value is -3.23. The fraction of sp³-hybridized carbons (Fsp3) is 0.0556. The molecule has 0 fully saturated rings. The molecule has 2 amide bonds. The Bertz CT molecular complexity index is 923. The van der Waals surface area contributed by atoms with Crippen molar-refractivity contribution in [2.75, 3.05) is 10.6 Å². The number of carboxylic acid groups (broad SMARTS) is 1. The van der Waals surface area contributed by atoms with E-state index in [0.717, 1.165) is 22.5 Å². The van der Waals surface area contributed by atoms with Crippen molar-refractivity contribution >= 4 is 34.8 Å². The zero-order chi connectivity index (χ0) is 18.5. The molecule has 0 spiro atoms. The highest BCUT2D eigenvalue weighted by molar-refractivity contribution is 7.17. The molecular formula is C18H16N4O3S. The zero-order valence-corrected chi connectivity index (χ0v) is 14.4. The number of nitrogens with one attached hydrogen (secondary N) is 2. The van der Waals surface area contributed by atoms with Gasteiger partial charge in [-0.05, 0) is 17.7 Å². The van der Waals surface area contributed by atoms with Gasteiger partial charge >= 0.3 is 12.0 Å². The molecule has 0 radical (unpaired) electrons. The summed E-state index contributed by atoms with van der Waals surface area (Å²) in [5, 5.41) is 15.0. The van der Waals surface area contributed by atoms with E-state index in [0.29, 0.717) is 17.2 Å². The molecule has 0 aliphatic rings. The van der Waals surface area contributed by atoms with Gasteiger partial charge in [0.15, 0.2) is 10.7 Å². The number of aromatic nitrogens is 1. The van der Waals surface area contributed by atoms with Gasteiger partial charge in [-0.15, -0.1) is 11.3 Å². The zero-order valence-electron chi connectivity index (χ0n) is 13.6. The monoisotopic (exact) mass is 368 g/mol. The lowest BCUT2D eigenvalue weighted by atomic mass is 10.1. The minimum atomic E-state index is -1.15. The Morgan fingerprint density at radius 2 is 1.73 bits per heavy atom. The molecule has 3 aromatic rings. The summed E-state index contributed by atoms with van der Waals surface area (Å²) in [6.45, 7) is 0.422.